The molecule has 0 saturated heterocycles. The summed E-state index contributed by atoms with van der Waals surface area (Å²) in [5.74, 6) is 0. The number of hydrogen-bond acceptors (Lipinski definition) is 0. The third-order valence-corrected chi connectivity index (χ3v) is 1.06. The quantitative estimate of drug-likeness (QED) is 0.428. The third-order valence-electron chi connectivity index (χ3n) is 0.602. The zero-order chi connectivity index (χ0) is 4.83. The Morgan fingerprint density at radius 2 is 2.33 bits per heavy atom. The SMILES string of the molecule is CC[CH]CCBr. The largest absolute Gasteiger partial charge is 0.0928 e. The first-order valence-electron chi connectivity index (χ1n) is 2.29. The van der Waals surface area contributed by atoms with Gasteiger partial charge in [0.1, 0.15) is 0 Å². The van der Waals surface area contributed by atoms with Crippen molar-refractivity contribution < 1.29 is 0 Å². The molecule has 37 valence electrons. The van der Waals surface area contributed by atoms with Crippen LogP contribution in [0.25, 0.3) is 0 Å². The predicted molar refractivity (Wildman–Crippen MR) is 33.0 cm³/mol. The highest BCUT2D eigenvalue weighted by atomic mass is 79.9. The number of alkyl halides is 1. The van der Waals surface area contributed by atoms with E-state index in [0.717, 1.165) is 5.33 Å². The zero-order valence-electron chi connectivity index (χ0n) is 4.08. The molecule has 1 heteroatoms. The van der Waals surface area contributed by atoms with Gasteiger partial charge < -0.3 is 0 Å². The summed E-state index contributed by atoms with van der Waals surface area (Å²) in [7, 11) is 0. The van der Waals surface area contributed by atoms with Gasteiger partial charge in [-0.3, -0.25) is 0 Å². The lowest BCUT2D eigenvalue weighted by atomic mass is 10.3. The van der Waals surface area contributed by atoms with Crippen LogP contribution in [-0.2, 0) is 0 Å². The lowest BCUT2D eigenvalue weighted by Gasteiger charge is -1.84. The topological polar surface area (TPSA) is 0 Å². The number of halogens is 1. The van der Waals surface area contributed by atoms with Crippen LogP contribution in [0.1, 0.15) is 19.8 Å². The van der Waals surface area contributed by atoms with Crippen LogP contribution in [0.15, 0.2) is 0 Å². The van der Waals surface area contributed by atoms with E-state index in [9.17, 15) is 0 Å². The van der Waals surface area contributed by atoms with Crippen LogP contribution in [0.2, 0.25) is 0 Å². The van der Waals surface area contributed by atoms with Crippen molar-refractivity contribution in [3.05, 3.63) is 6.42 Å². The van der Waals surface area contributed by atoms with Gasteiger partial charge in [-0.15, -0.1) is 0 Å². The summed E-state index contributed by atoms with van der Waals surface area (Å²) >= 11 is 3.32. The van der Waals surface area contributed by atoms with Gasteiger partial charge in [0.25, 0.3) is 0 Å². The average Bonchev–Trinajstić information content (AvgIpc) is 1.61. The van der Waals surface area contributed by atoms with E-state index in [1.807, 2.05) is 0 Å². The molecule has 0 aliphatic heterocycles. The molecule has 0 fully saturated rings. The van der Waals surface area contributed by atoms with Crippen LogP contribution in [0.4, 0.5) is 0 Å². The molecule has 0 aliphatic carbocycles. The summed E-state index contributed by atoms with van der Waals surface area (Å²) in [4.78, 5) is 0. The summed E-state index contributed by atoms with van der Waals surface area (Å²) < 4.78 is 0. The van der Waals surface area contributed by atoms with Crippen molar-refractivity contribution in [2.45, 2.75) is 19.8 Å². The number of rotatable bonds is 3. The lowest BCUT2D eigenvalue weighted by Crippen LogP contribution is -1.71. The van der Waals surface area contributed by atoms with Crippen LogP contribution >= 0.6 is 15.9 Å². The molecule has 0 aromatic heterocycles. The Labute approximate surface area is 48.1 Å². The highest BCUT2D eigenvalue weighted by Gasteiger charge is 1.77. The van der Waals surface area contributed by atoms with Crippen molar-refractivity contribution in [3.63, 3.8) is 0 Å². The van der Waals surface area contributed by atoms with Gasteiger partial charge in [0.15, 0.2) is 0 Å². The summed E-state index contributed by atoms with van der Waals surface area (Å²) in [5, 5.41) is 1.11. The molecule has 0 spiro atoms. The van der Waals surface area contributed by atoms with Crippen LogP contribution < -0.4 is 0 Å². The highest BCUT2D eigenvalue weighted by Crippen LogP contribution is 1.93. The second kappa shape index (κ2) is 5.48. The van der Waals surface area contributed by atoms with Crippen molar-refractivity contribution in [2.75, 3.05) is 5.33 Å². The van der Waals surface area contributed by atoms with E-state index in [1.165, 1.54) is 12.8 Å². The first-order chi connectivity index (χ1) is 2.91. The van der Waals surface area contributed by atoms with Crippen molar-refractivity contribution in [2.24, 2.45) is 0 Å². The van der Waals surface area contributed by atoms with E-state index < -0.39 is 0 Å². The molecule has 0 aliphatic rings. The van der Waals surface area contributed by atoms with Crippen molar-refractivity contribution in [1.82, 2.24) is 0 Å². The fourth-order valence-corrected chi connectivity index (χ4v) is 0.605. The van der Waals surface area contributed by atoms with Gasteiger partial charge in [-0.05, 0) is 12.8 Å². The average molecular weight is 150 g/mol. The smallest absolute Gasteiger partial charge is 0.00340 e. The molecule has 0 aromatic rings. The summed E-state index contributed by atoms with van der Waals surface area (Å²) in [6.07, 6.45) is 4.66. The number of unbranched alkanes of at least 4 members (excludes halogenated alkanes) is 2. The molecule has 0 saturated carbocycles. The Morgan fingerprint density at radius 1 is 1.67 bits per heavy atom. The second-order valence-electron chi connectivity index (χ2n) is 1.17. The minimum absolute atomic E-state index is 1.11. The van der Waals surface area contributed by atoms with E-state index in [2.05, 4.69) is 29.3 Å². The molecule has 0 bridgehead atoms. The first-order valence-corrected chi connectivity index (χ1v) is 3.41. The Balaban J connectivity index is 2.34. The summed E-state index contributed by atoms with van der Waals surface area (Å²) in [6.45, 7) is 2.16. The number of hydrogen-bond donors (Lipinski definition) is 0. The van der Waals surface area contributed by atoms with Crippen LogP contribution in [0.5, 0.6) is 0 Å². The van der Waals surface area contributed by atoms with Crippen LogP contribution in [0, 0.1) is 6.42 Å². The van der Waals surface area contributed by atoms with Gasteiger partial charge in [-0.2, -0.15) is 0 Å². The van der Waals surface area contributed by atoms with Crippen molar-refractivity contribution in [3.8, 4) is 0 Å². The lowest BCUT2D eigenvalue weighted by molar-refractivity contribution is 0.984. The van der Waals surface area contributed by atoms with Crippen molar-refractivity contribution >= 4 is 15.9 Å². The first kappa shape index (κ1) is 6.48. The van der Waals surface area contributed by atoms with Gasteiger partial charge >= 0.3 is 0 Å². The van der Waals surface area contributed by atoms with E-state index in [1.54, 1.807) is 0 Å². The van der Waals surface area contributed by atoms with E-state index in [0.29, 0.717) is 0 Å². The molecule has 0 unspecified atom stereocenters. The molecule has 0 heterocycles. The molecule has 0 amide bonds. The van der Waals surface area contributed by atoms with Gasteiger partial charge in [-0.1, -0.05) is 29.3 Å². The normalized spacial score (nSPS) is 9.00. The second-order valence-corrected chi connectivity index (χ2v) is 1.97. The van der Waals surface area contributed by atoms with E-state index in [4.69, 9.17) is 0 Å². The summed E-state index contributed by atoms with van der Waals surface area (Å²) in [6, 6.07) is 0. The van der Waals surface area contributed by atoms with E-state index in [-0.39, 0.29) is 0 Å². The maximum Gasteiger partial charge on any atom is 0.00340 e. The summed E-state index contributed by atoms with van der Waals surface area (Å²) in [5.41, 5.74) is 0. The standard InChI is InChI=1S/C5H10Br/c1-2-3-4-5-6/h3H,2,4-5H2,1H3. The van der Waals surface area contributed by atoms with E-state index >= 15 is 0 Å². The molecule has 0 N–H and O–H groups in total. The third kappa shape index (κ3) is 4.48. The minimum Gasteiger partial charge on any atom is -0.0928 e. The molecule has 0 nitrogen and oxygen atoms in total. The predicted octanol–water partition coefficient (Wildman–Crippen LogP) is 2.39. The Morgan fingerprint density at radius 3 is 2.50 bits per heavy atom. The van der Waals surface area contributed by atoms with Crippen LogP contribution in [-0.4, -0.2) is 5.33 Å². The van der Waals surface area contributed by atoms with Crippen LogP contribution in [0.3, 0.4) is 0 Å². The monoisotopic (exact) mass is 149 g/mol. The van der Waals surface area contributed by atoms with Gasteiger partial charge in [0.2, 0.25) is 0 Å². The fraction of sp³-hybridized carbons (Fsp3) is 0.800. The molecule has 6 heavy (non-hydrogen) atoms. The maximum absolute atomic E-state index is 3.32. The minimum atomic E-state index is 1.11. The Bertz CT molecular complexity index is 15.9. The Hall–Kier alpha value is 0.480. The van der Waals surface area contributed by atoms with Gasteiger partial charge in [0.05, 0.1) is 0 Å². The molecule has 1 radical (unpaired) electrons. The highest BCUT2D eigenvalue weighted by molar-refractivity contribution is 9.09. The zero-order valence-corrected chi connectivity index (χ0v) is 5.66. The molecule has 0 rings (SSSR count). The molecule has 0 aromatic carbocycles. The Kier molecular flexibility index (Phi) is 5.92. The molecular formula is C5H10Br. The molecule has 0 atom stereocenters. The van der Waals surface area contributed by atoms with Gasteiger partial charge in [-0.25, -0.2) is 0 Å². The molecular weight excluding hydrogens is 140 g/mol. The maximum atomic E-state index is 3.32. The van der Waals surface area contributed by atoms with Crippen molar-refractivity contribution in [1.29, 1.82) is 0 Å². The van der Waals surface area contributed by atoms with Gasteiger partial charge in [0, 0.05) is 5.33 Å². The fourth-order valence-electron chi connectivity index (χ4n) is 0.281.